The van der Waals surface area contributed by atoms with Crippen molar-refractivity contribution in [2.45, 2.75) is 6.17 Å². The van der Waals surface area contributed by atoms with Crippen molar-refractivity contribution in [3.63, 3.8) is 0 Å². The van der Waals surface area contributed by atoms with E-state index in [1.807, 2.05) is 78.9 Å². The molecule has 0 saturated carbocycles. The van der Waals surface area contributed by atoms with Crippen LogP contribution in [0.4, 0.5) is 16.2 Å². The molecule has 3 aromatic rings. The van der Waals surface area contributed by atoms with Crippen LogP contribution in [0.3, 0.4) is 0 Å². The van der Waals surface area contributed by atoms with Crippen LogP contribution in [-0.2, 0) is 4.84 Å². The predicted molar refractivity (Wildman–Crippen MR) is 99.6 cm³/mol. The molecule has 1 amide bonds. The Morgan fingerprint density at radius 1 is 0.778 bits per heavy atom. The average Bonchev–Trinajstić information content (AvgIpc) is 3.32. The van der Waals surface area contributed by atoms with E-state index >= 15 is 0 Å². The van der Waals surface area contributed by atoms with Gasteiger partial charge in [-0.05, 0) is 36.4 Å². The minimum absolute atomic E-state index is 0.198. The summed E-state index contributed by atoms with van der Waals surface area (Å²) in [5.74, 6) is 1.36. The zero-order valence-electron chi connectivity index (χ0n) is 14.3. The molecule has 2 aliphatic rings. The molecule has 2 aliphatic heterocycles. The largest absolute Gasteiger partial charge is 0.454 e. The van der Waals surface area contributed by atoms with Gasteiger partial charge in [0.05, 0.1) is 5.69 Å². The highest BCUT2D eigenvalue weighted by Gasteiger charge is 2.43. The lowest BCUT2D eigenvalue weighted by molar-refractivity contribution is 0.164. The van der Waals surface area contributed by atoms with Crippen LogP contribution in [-0.4, -0.2) is 12.9 Å². The number of nitrogens with zero attached hydrogens (tertiary/aromatic N) is 2. The Kier molecular flexibility index (Phi) is 3.60. The second-order valence-electron chi connectivity index (χ2n) is 6.21. The number of hydrogen-bond acceptors (Lipinski definition) is 5. The number of fused-ring (bicyclic) bond motifs is 1. The summed E-state index contributed by atoms with van der Waals surface area (Å²) in [6.45, 7) is 0.198. The lowest BCUT2D eigenvalue weighted by atomic mass is 10.1. The standard InChI is InChI=1S/C21H16N2O4/c24-21-22(16-7-3-1-4-8-16)20(23(27-21)17-9-5-2-6-10-17)15-11-12-18-19(13-15)26-14-25-18/h1-13,20H,14H2. The van der Waals surface area contributed by atoms with E-state index in [4.69, 9.17) is 14.3 Å². The van der Waals surface area contributed by atoms with Gasteiger partial charge >= 0.3 is 6.09 Å². The Balaban J connectivity index is 1.63. The maximum absolute atomic E-state index is 12.8. The molecule has 0 aromatic heterocycles. The van der Waals surface area contributed by atoms with E-state index in [0.717, 1.165) is 16.9 Å². The van der Waals surface area contributed by atoms with E-state index in [9.17, 15) is 4.79 Å². The SMILES string of the molecule is O=C1ON(c2ccccc2)C(c2ccc3c(c2)OCO3)N1c1ccccc1. The third-order valence-electron chi connectivity index (χ3n) is 4.58. The number of hydroxylamine groups is 1. The second kappa shape index (κ2) is 6.25. The van der Waals surface area contributed by atoms with Gasteiger partial charge in [0.1, 0.15) is 0 Å². The molecular formula is C21H16N2O4. The molecule has 2 heterocycles. The highest BCUT2D eigenvalue weighted by atomic mass is 16.7. The zero-order valence-corrected chi connectivity index (χ0v) is 14.3. The summed E-state index contributed by atoms with van der Waals surface area (Å²) in [5, 5.41) is 1.62. The molecule has 6 heteroatoms. The van der Waals surface area contributed by atoms with E-state index in [1.54, 1.807) is 9.96 Å². The summed E-state index contributed by atoms with van der Waals surface area (Å²) in [6, 6.07) is 24.7. The fourth-order valence-corrected chi connectivity index (χ4v) is 3.34. The fraction of sp³-hybridized carbons (Fsp3) is 0.0952. The predicted octanol–water partition coefficient (Wildman–Crippen LogP) is 4.49. The third-order valence-corrected chi connectivity index (χ3v) is 4.58. The molecule has 6 nitrogen and oxygen atoms in total. The van der Waals surface area contributed by atoms with Gasteiger partial charge < -0.3 is 14.3 Å². The molecule has 0 bridgehead atoms. The van der Waals surface area contributed by atoms with Gasteiger partial charge in [-0.15, -0.1) is 0 Å². The number of ether oxygens (including phenoxy) is 2. The molecule has 0 spiro atoms. The first-order valence-corrected chi connectivity index (χ1v) is 8.61. The van der Waals surface area contributed by atoms with Crippen molar-refractivity contribution in [2.75, 3.05) is 16.8 Å². The molecular weight excluding hydrogens is 344 g/mol. The van der Waals surface area contributed by atoms with E-state index in [0.29, 0.717) is 11.5 Å². The van der Waals surface area contributed by atoms with Crippen molar-refractivity contribution in [1.29, 1.82) is 0 Å². The van der Waals surface area contributed by atoms with Gasteiger partial charge in [-0.2, -0.15) is 5.06 Å². The maximum Gasteiger partial charge on any atom is 0.440 e. The van der Waals surface area contributed by atoms with Crippen LogP contribution in [0, 0.1) is 0 Å². The molecule has 3 aromatic carbocycles. The van der Waals surface area contributed by atoms with Crippen molar-refractivity contribution >= 4 is 17.5 Å². The maximum atomic E-state index is 12.8. The molecule has 1 unspecified atom stereocenters. The molecule has 0 N–H and O–H groups in total. The zero-order chi connectivity index (χ0) is 18.2. The minimum Gasteiger partial charge on any atom is -0.454 e. The number of para-hydroxylation sites is 2. The number of rotatable bonds is 3. The van der Waals surface area contributed by atoms with Crippen LogP contribution in [0.5, 0.6) is 11.5 Å². The Hall–Kier alpha value is -3.67. The molecule has 0 radical (unpaired) electrons. The summed E-state index contributed by atoms with van der Waals surface area (Å²) in [6.07, 6.45) is -0.912. The quantitative estimate of drug-likeness (QED) is 0.689. The molecule has 1 saturated heterocycles. The van der Waals surface area contributed by atoms with Crippen molar-refractivity contribution in [1.82, 2.24) is 0 Å². The van der Waals surface area contributed by atoms with Crippen LogP contribution < -0.4 is 19.4 Å². The monoisotopic (exact) mass is 360 g/mol. The highest BCUT2D eigenvalue weighted by Crippen LogP contribution is 2.42. The van der Waals surface area contributed by atoms with E-state index in [-0.39, 0.29) is 6.79 Å². The number of hydrogen-bond donors (Lipinski definition) is 0. The molecule has 134 valence electrons. The summed E-state index contributed by atoms with van der Waals surface area (Å²) >= 11 is 0. The molecule has 1 fully saturated rings. The average molecular weight is 360 g/mol. The van der Waals surface area contributed by atoms with Gasteiger partial charge in [0.15, 0.2) is 17.7 Å². The second-order valence-corrected chi connectivity index (χ2v) is 6.21. The van der Waals surface area contributed by atoms with Gasteiger partial charge in [0.2, 0.25) is 6.79 Å². The molecule has 1 atom stereocenters. The Labute approximate surface area is 156 Å². The summed E-state index contributed by atoms with van der Waals surface area (Å²) in [5.41, 5.74) is 2.40. The van der Waals surface area contributed by atoms with Gasteiger partial charge in [0.25, 0.3) is 0 Å². The summed E-state index contributed by atoms with van der Waals surface area (Å²) in [4.78, 5) is 20.1. The topological polar surface area (TPSA) is 51.2 Å². The van der Waals surface area contributed by atoms with Gasteiger partial charge in [-0.1, -0.05) is 42.5 Å². The normalized spacial score (nSPS) is 17.9. The van der Waals surface area contributed by atoms with Crippen LogP contribution in [0.1, 0.15) is 11.7 Å². The highest BCUT2D eigenvalue weighted by molar-refractivity contribution is 5.92. The van der Waals surface area contributed by atoms with E-state index < -0.39 is 12.3 Å². The summed E-state index contributed by atoms with van der Waals surface area (Å²) < 4.78 is 10.9. The lowest BCUT2D eigenvalue weighted by Crippen LogP contribution is -2.31. The van der Waals surface area contributed by atoms with E-state index in [1.165, 1.54) is 0 Å². The van der Waals surface area contributed by atoms with Gasteiger partial charge in [0, 0.05) is 11.3 Å². The van der Waals surface area contributed by atoms with Crippen molar-refractivity contribution < 1.29 is 19.1 Å². The van der Waals surface area contributed by atoms with Crippen molar-refractivity contribution in [3.8, 4) is 11.5 Å². The first-order valence-electron chi connectivity index (χ1n) is 8.61. The Morgan fingerprint density at radius 2 is 1.44 bits per heavy atom. The van der Waals surface area contributed by atoms with E-state index in [2.05, 4.69) is 0 Å². The van der Waals surface area contributed by atoms with Gasteiger partial charge in [-0.3, -0.25) is 0 Å². The fourth-order valence-electron chi connectivity index (χ4n) is 3.34. The molecule has 5 rings (SSSR count). The lowest BCUT2D eigenvalue weighted by Gasteiger charge is -2.27. The minimum atomic E-state index is -0.475. The summed E-state index contributed by atoms with van der Waals surface area (Å²) in [7, 11) is 0. The number of carbonyl (C=O) groups excluding carboxylic acids is 1. The smallest absolute Gasteiger partial charge is 0.440 e. The van der Waals surface area contributed by atoms with Gasteiger partial charge in [-0.25, -0.2) is 9.69 Å². The van der Waals surface area contributed by atoms with Crippen LogP contribution in [0.25, 0.3) is 0 Å². The number of carbonyl (C=O) groups is 1. The Morgan fingerprint density at radius 3 is 2.19 bits per heavy atom. The Bertz CT molecular complexity index is 978. The van der Waals surface area contributed by atoms with Crippen LogP contribution in [0.2, 0.25) is 0 Å². The third kappa shape index (κ3) is 2.62. The number of anilines is 2. The molecule has 0 aliphatic carbocycles. The first-order chi connectivity index (χ1) is 13.3. The van der Waals surface area contributed by atoms with Crippen LogP contribution in [0.15, 0.2) is 78.9 Å². The first kappa shape index (κ1) is 15.6. The van der Waals surface area contributed by atoms with Crippen LogP contribution >= 0.6 is 0 Å². The van der Waals surface area contributed by atoms with Crippen molar-refractivity contribution in [3.05, 3.63) is 84.4 Å². The number of benzene rings is 3. The number of amides is 1. The van der Waals surface area contributed by atoms with Crippen molar-refractivity contribution in [2.24, 2.45) is 0 Å². The molecule has 27 heavy (non-hydrogen) atoms.